The van der Waals surface area contributed by atoms with Gasteiger partial charge in [-0.1, -0.05) is 12.1 Å². The number of hydrogen-bond acceptors (Lipinski definition) is 3. The molecule has 4 heteroatoms. The average Bonchev–Trinajstić information content (AvgIpc) is 2.86. The lowest BCUT2D eigenvalue weighted by molar-refractivity contribution is 0.104. The van der Waals surface area contributed by atoms with Crippen molar-refractivity contribution in [1.29, 1.82) is 0 Å². The van der Waals surface area contributed by atoms with Crippen LogP contribution in [0.2, 0.25) is 0 Å². The molecular weight excluding hydrogens is 214 g/mol. The second kappa shape index (κ2) is 3.52. The molecule has 17 heavy (non-hydrogen) atoms. The second-order valence-corrected chi connectivity index (χ2v) is 3.93. The van der Waals surface area contributed by atoms with E-state index in [1.807, 2.05) is 30.3 Å². The van der Waals surface area contributed by atoms with Crippen LogP contribution in [0, 0.1) is 0 Å². The van der Waals surface area contributed by atoms with Crippen LogP contribution in [0.15, 0.2) is 42.1 Å². The highest BCUT2D eigenvalue weighted by atomic mass is 16.1. The third-order valence-corrected chi connectivity index (χ3v) is 2.72. The third kappa shape index (κ3) is 1.59. The summed E-state index contributed by atoms with van der Waals surface area (Å²) in [7, 11) is 0. The topological polar surface area (TPSA) is 70.9 Å². The first-order chi connectivity index (χ1) is 8.24. The molecule has 0 aliphatic carbocycles. The van der Waals surface area contributed by atoms with E-state index >= 15 is 0 Å². The monoisotopic (exact) mass is 225 g/mol. The van der Waals surface area contributed by atoms with Gasteiger partial charge in [-0.15, -0.1) is 0 Å². The minimum Gasteiger partial charge on any atom is -0.385 e. The van der Waals surface area contributed by atoms with E-state index in [0.29, 0.717) is 17.1 Å². The number of hydrogen-bond donors (Lipinski definition) is 3. The SMILES string of the molecule is Nc1ccc(C=C2Nc3ccccc3C2=O)[nH]1. The maximum atomic E-state index is 12.0. The summed E-state index contributed by atoms with van der Waals surface area (Å²) in [6.07, 6.45) is 1.76. The van der Waals surface area contributed by atoms with Crippen LogP contribution < -0.4 is 11.1 Å². The minimum atomic E-state index is 0.00812. The molecule has 84 valence electrons. The standard InChI is InChI=1S/C13H11N3O/c14-12-6-5-8(15-12)7-11-13(17)9-3-1-2-4-10(9)16-11/h1-7,15-16H,14H2. The largest absolute Gasteiger partial charge is 0.385 e. The molecule has 2 heterocycles. The number of nitrogen functional groups attached to an aromatic ring is 1. The van der Waals surface area contributed by atoms with Gasteiger partial charge in [0.15, 0.2) is 0 Å². The number of para-hydroxylation sites is 1. The van der Waals surface area contributed by atoms with Gasteiger partial charge in [0, 0.05) is 16.9 Å². The van der Waals surface area contributed by atoms with E-state index in [0.717, 1.165) is 11.4 Å². The summed E-state index contributed by atoms with van der Waals surface area (Å²) in [6, 6.07) is 11.0. The van der Waals surface area contributed by atoms with Crippen LogP contribution >= 0.6 is 0 Å². The Hall–Kier alpha value is -2.49. The number of benzene rings is 1. The van der Waals surface area contributed by atoms with Crippen molar-refractivity contribution in [1.82, 2.24) is 4.98 Å². The van der Waals surface area contributed by atoms with Gasteiger partial charge in [-0.2, -0.15) is 0 Å². The average molecular weight is 225 g/mol. The first-order valence-electron chi connectivity index (χ1n) is 5.31. The van der Waals surface area contributed by atoms with Gasteiger partial charge in [-0.3, -0.25) is 4.79 Å². The molecule has 1 aromatic carbocycles. The summed E-state index contributed by atoms with van der Waals surface area (Å²) in [4.78, 5) is 15.0. The number of carbonyl (C=O) groups is 1. The lowest BCUT2D eigenvalue weighted by Gasteiger charge is -1.96. The number of aromatic nitrogens is 1. The number of nitrogens with one attached hydrogen (secondary N) is 2. The summed E-state index contributed by atoms with van der Waals surface area (Å²) < 4.78 is 0. The Kier molecular flexibility index (Phi) is 2.01. The molecule has 4 nitrogen and oxygen atoms in total. The summed E-state index contributed by atoms with van der Waals surface area (Å²) >= 11 is 0. The van der Waals surface area contributed by atoms with Gasteiger partial charge >= 0.3 is 0 Å². The number of rotatable bonds is 1. The number of H-pyrrole nitrogens is 1. The Labute approximate surface area is 98.1 Å². The van der Waals surface area contributed by atoms with E-state index in [1.165, 1.54) is 0 Å². The van der Waals surface area contributed by atoms with E-state index in [2.05, 4.69) is 10.3 Å². The number of aromatic amines is 1. The van der Waals surface area contributed by atoms with Crippen molar-refractivity contribution in [3.05, 3.63) is 53.4 Å². The van der Waals surface area contributed by atoms with Crippen LogP contribution in [0.25, 0.3) is 6.08 Å². The normalized spacial score (nSPS) is 16.0. The smallest absolute Gasteiger partial charge is 0.211 e. The molecule has 1 aromatic heterocycles. The molecule has 0 spiro atoms. The maximum Gasteiger partial charge on any atom is 0.211 e. The third-order valence-electron chi connectivity index (χ3n) is 2.72. The fourth-order valence-electron chi connectivity index (χ4n) is 1.91. The van der Waals surface area contributed by atoms with Crippen molar-refractivity contribution < 1.29 is 4.79 Å². The van der Waals surface area contributed by atoms with Gasteiger partial charge in [-0.05, 0) is 30.3 Å². The van der Waals surface area contributed by atoms with Gasteiger partial charge < -0.3 is 16.0 Å². The van der Waals surface area contributed by atoms with Crippen LogP contribution in [0.1, 0.15) is 16.1 Å². The molecule has 0 atom stereocenters. The van der Waals surface area contributed by atoms with Gasteiger partial charge in [0.25, 0.3) is 0 Å². The highest BCUT2D eigenvalue weighted by Crippen LogP contribution is 2.28. The summed E-state index contributed by atoms with van der Waals surface area (Å²) in [5.41, 5.74) is 8.51. The van der Waals surface area contributed by atoms with Crippen LogP contribution in [-0.2, 0) is 0 Å². The molecule has 0 fully saturated rings. The predicted octanol–water partition coefficient (Wildman–Crippen LogP) is 2.25. The molecule has 0 radical (unpaired) electrons. The molecule has 4 N–H and O–H groups in total. The highest BCUT2D eigenvalue weighted by molar-refractivity contribution is 6.20. The number of allylic oxidation sites excluding steroid dienone is 1. The molecule has 0 saturated carbocycles. The summed E-state index contributed by atoms with van der Waals surface area (Å²) in [5.74, 6) is 0.591. The van der Waals surface area contributed by atoms with Crippen molar-refractivity contribution in [3.8, 4) is 0 Å². The number of carbonyl (C=O) groups excluding carboxylic acids is 1. The van der Waals surface area contributed by atoms with E-state index in [1.54, 1.807) is 12.1 Å². The van der Waals surface area contributed by atoms with Crippen molar-refractivity contribution in [2.24, 2.45) is 0 Å². The first-order valence-corrected chi connectivity index (χ1v) is 5.31. The van der Waals surface area contributed by atoms with Gasteiger partial charge in [0.1, 0.15) is 5.82 Å². The van der Waals surface area contributed by atoms with E-state index < -0.39 is 0 Å². The zero-order valence-electron chi connectivity index (χ0n) is 9.03. The molecule has 0 unspecified atom stereocenters. The molecular formula is C13H11N3O. The molecule has 0 saturated heterocycles. The molecule has 0 bridgehead atoms. The number of nitrogens with two attached hydrogens (primary N) is 1. The maximum absolute atomic E-state index is 12.0. The molecule has 3 rings (SSSR count). The van der Waals surface area contributed by atoms with E-state index in [9.17, 15) is 4.79 Å². The molecule has 1 aliphatic heterocycles. The second-order valence-electron chi connectivity index (χ2n) is 3.93. The van der Waals surface area contributed by atoms with E-state index in [-0.39, 0.29) is 5.78 Å². The quantitative estimate of drug-likeness (QED) is 0.652. The van der Waals surface area contributed by atoms with E-state index in [4.69, 9.17) is 5.73 Å². The van der Waals surface area contributed by atoms with Crippen molar-refractivity contribution >= 4 is 23.4 Å². The summed E-state index contributed by atoms with van der Waals surface area (Å²) in [5, 5.41) is 3.09. The van der Waals surface area contributed by atoms with Crippen LogP contribution in [0.3, 0.4) is 0 Å². The Morgan fingerprint density at radius 1 is 1.12 bits per heavy atom. The molecule has 1 aliphatic rings. The number of fused-ring (bicyclic) bond motifs is 1. The lowest BCUT2D eigenvalue weighted by Crippen LogP contribution is -1.99. The van der Waals surface area contributed by atoms with Crippen molar-refractivity contribution in [2.45, 2.75) is 0 Å². The first kappa shape index (κ1) is 9.72. The fraction of sp³-hybridized carbons (Fsp3) is 0. The van der Waals surface area contributed by atoms with Gasteiger partial charge in [-0.25, -0.2) is 0 Å². The van der Waals surface area contributed by atoms with Gasteiger partial charge in [0.05, 0.1) is 5.70 Å². The van der Waals surface area contributed by atoms with Crippen LogP contribution in [0.5, 0.6) is 0 Å². The molecule has 0 amide bonds. The van der Waals surface area contributed by atoms with Crippen LogP contribution in [0.4, 0.5) is 11.5 Å². The highest BCUT2D eigenvalue weighted by Gasteiger charge is 2.23. The minimum absolute atomic E-state index is 0.00812. The Morgan fingerprint density at radius 2 is 1.94 bits per heavy atom. The Bertz CT molecular complexity index is 625. The Morgan fingerprint density at radius 3 is 2.65 bits per heavy atom. The number of ketones is 1. The van der Waals surface area contributed by atoms with Crippen LogP contribution in [-0.4, -0.2) is 10.8 Å². The number of Topliss-reactive ketones (excluding diaryl/α,β-unsaturated/α-hetero) is 1. The summed E-state index contributed by atoms with van der Waals surface area (Å²) in [6.45, 7) is 0. The number of anilines is 2. The fourth-order valence-corrected chi connectivity index (χ4v) is 1.91. The predicted molar refractivity (Wildman–Crippen MR) is 67.6 cm³/mol. The zero-order valence-corrected chi connectivity index (χ0v) is 9.03. The van der Waals surface area contributed by atoms with Crippen molar-refractivity contribution in [3.63, 3.8) is 0 Å². The molecule has 2 aromatic rings. The lowest BCUT2D eigenvalue weighted by atomic mass is 10.1. The zero-order chi connectivity index (χ0) is 11.8. The van der Waals surface area contributed by atoms with Crippen molar-refractivity contribution in [2.75, 3.05) is 11.1 Å². The Balaban J connectivity index is 1.99. The van der Waals surface area contributed by atoms with Gasteiger partial charge in [0.2, 0.25) is 5.78 Å².